The van der Waals surface area contributed by atoms with Crippen molar-refractivity contribution in [3.8, 4) is 0 Å². The lowest BCUT2D eigenvalue weighted by Gasteiger charge is -2.49. The van der Waals surface area contributed by atoms with E-state index in [1.807, 2.05) is 6.92 Å². The van der Waals surface area contributed by atoms with Gasteiger partial charge in [-0.1, -0.05) is 6.92 Å². The minimum Gasteiger partial charge on any atom is -0.392 e. The summed E-state index contributed by atoms with van der Waals surface area (Å²) in [5, 5.41) is 20.5. The molecule has 0 aromatic rings. The van der Waals surface area contributed by atoms with Gasteiger partial charge in [0.1, 0.15) is 11.6 Å². The Labute approximate surface area is 124 Å². The summed E-state index contributed by atoms with van der Waals surface area (Å²) in [6.45, 7) is 2.01. The highest BCUT2D eigenvalue weighted by atomic mass is 16.5. The SMILES string of the molecule is COC1CC(O)C2C(=O)C3C(O)CC(C)CC3C(=O)C2C1. The van der Waals surface area contributed by atoms with Crippen molar-refractivity contribution in [3.63, 3.8) is 0 Å². The molecule has 0 amide bonds. The van der Waals surface area contributed by atoms with E-state index >= 15 is 0 Å². The van der Waals surface area contributed by atoms with Crippen LogP contribution in [0.1, 0.15) is 32.6 Å². The summed E-state index contributed by atoms with van der Waals surface area (Å²) in [6.07, 6.45) is 0.385. The topological polar surface area (TPSA) is 83.8 Å². The Morgan fingerprint density at radius 1 is 0.905 bits per heavy atom. The van der Waals surface area contributed by atoms with Crippen molar-refractivity contribution < 1.29 is 24.5 Å². The van der Waals surface area contributed by atoms with Gasteiger partial charge in [0.05, 0.1) is 30.1 Å². The maximum atomic E-state index is 12.8. The fourth-order valence-electron chi connectivity index (χ4n) is 4.77. The van der Waals surface area contributed by atoms with E-state index in [1.165, 1.54) is 0 Å². The molecule has 0 radical (unpaired) electrons. The van der Waals surface area contributed by atoms with Crippen LogP contribution < -0.4 is 0 Å². The summed E-state index contributed by atoms with van der Waals surface area (Å²) in [6, 6.07) is 0. The molecule has 2 N–H and O–H groups in total. The molecule has 5 heteroatoms. The number of ketones is 2. The molecule has 21 heavy (non-hydrogen) atoms. The third kappa shape index (κ3) is 2.35. The van der Waals surface area contributed by atoms with Crippen molar-refractivity contribution in [1.82, 2.24) is 0 Å². The molecule has 0 bridgehead atoms. The molecule has 0 heterocycles. The standard InChI is InChI=1S/C16H24O5/c1-7-3-9-13(11(17)4-7)16(20)14-10(15(9)19)5-8(21-2)6-12(14)18/h7-14,17-18H,3-6H2,1-2H3. The number of carbonyl (C=O) groups is 2. The van der Waals surface area contributed by atoms with Crippen LogP contribution in [0.2, 0.25) is 0 Å². The second-order valence-electron chi connectivity index (χ2n) is 7.11. The molecule has 8 unspecified atom stereocenters. The molecule has 3 aliphatic carbocycles. The van der Waals surface area contributed by atoms with E-state index < -0.39 is 30.0 Å². The van der Waals surface area contributed by atoms with Gasteiger partial charge in [-0.3, -0.25) is 9.59 Å². The van der Waals surface area contributed by atoms with Crippen molar-refractivity contribution in [2.75, 3.05) is 7.11 Å². The Balaban J connectivity index is 1.92. The lowest BCUT2D eigenvalue weighted by atomic mass is 9.55. The molecular weight excluding hydrogens is 272 g/mol. The third-order valence-corrected chi connectivity index (χ3v) is 5.74. The summed E-state index contributed by atoms with van der Waals surface area (Å²) < 4.78 is 5.30. The van der Waals surface area contributed by atoms with Crippen molar-refractivity contribution in [3.05, 3.63) is 0 Å². The monoisotopic (exact) mass is 296 g/mol. The Morgan fingerprint density at radius 3 is 2.10 bits per heavy atom. The molecule has 3 fully saturated rings. The summed E-state index contributed by atoms with van der Waals surface area (Å²) in [5.41, 5.74) is 0. The van der Waals surface area contributed by atoms with Gasteiger partial charge in [0.25, 0.3) is 0 Å². The molecule has 0 aromatic carbocycles. The number of methoxy groups -OCH3 is 1. The minimum atomic E-state index is -0.836. The number of aliphatic hydroxyl groups is 2. The Kier molecular flexibility index (Phi) is 3.93. The molecule has 0 aromatic heterocycles. The molecule has 5 nitrogen and oxygen atoms in total. The maximum Gasteiger partial charge on any atom is 0.145 e. The van der Waals surface area contributed by atoms with Crippen molar-refractivity contribution in [2.45, 2.75) is 50.9 Å². The van der Waals surface area contributed by atoms with Gasteiger partial charge in [-0.15, -0.1) is 0 Å². The average molecular weight is 296 g/mol. The first kappa shape index (κ1) is 15.1. The van der Waals surface area contributed by atoms with E-state index in [0.29, 0.717) is 25.7 Å². The number of ether oxygens (including phenoxy) is 1. The van der Waals surface area contributed by atoms with Crippen LogP contribution in [0.25, 0.3) is 0 Å². The highest BCUT2D eigenvalue weighted by Gasteiger charge is 2.57. The van der Waals surface area contributed by atoms with E-state index in [0.717, 1.165) is 0 Å². The Morgan fingerprint density at radius 2 is 1.48 bits per heavy atom. The second kappa shape index (κ2) is 5.45. The minimum absolute atomic E-state index is 0.0519. The summed E-state index contributed by atoms with van der Waals surface area (Å²) >= 11 is 0. The number of fused-ring (bicyclic) bond motifs is 2. The largest absolute Gasteiger partial charge is 0.392 e. The first-order chi connectivity index (χ1) is 9.93. The summed E-state index contributed by atoms with van der Waals surface area (Å²) in [5.74, 6) is -1.87. The zero-order valence-corrected chi connectivity index (χ0v) is 12.6. The van der Waals surface area contributed by atoms with E-state index in [4.69, 9.17) is 4.74 Å². The van der Waals surface area contributed by atoms with Gasteiger partial charge >= 0.3 is 0 Å². The average Bonchev–Trinajstić information content (AvgIpc) is 2.43. The maximum absolute atomic E-state index is 12.8. The number of rotatable bonds is 1. The number of carbonyl (C=O) groups excluding carboxylic acids is 2. The quantitative estimate of drug-likeness (QED) is 0.739. The van der Waals surface area contributed by atoms with E-state index in [1.54, 1.807) is 7.11 Å². The van der Waals surface area contributed by atoms with Crippen LogP contribution in [-0.4, -0.2) is 47.2 Å². The van der Waals surface area contributed by atoms with Gasteiger partial charge in [0.2, 0.25) is 0 Å². The van der Waals surface area contributed by atoms with E-state index in [9.17, 15) is 19.8 Å². The van der Waals surface area contributed by atoms with E-state index in [-0.39, 0.29) is 29.5 Å². The van der Waals surface area contributed by atoms with Gasteiger partial charge in [-0.05, 0) is 25.2 Å². The Bertz CT molecular complexity index is 448. The Hall–Kier alpha value is -0.780. The zero-order chi connectivity index (χ0) is 15.3. The first-order valence-corrected chi connectivity index (χ1v) is 7.90. The molecular formula is C16H24O5. The highest BCUT2D eigenvalue weighted by molar-refractivity contribution is 6.00. The first-order valence-electron chi connectivity index (χ1n) is 7.90. The van der Waals surface area contributed by atoms with Crippen molar-refractivity contribution in [2.24, 2.45) is 29.6 Å². The number of hydrogen-bond donors (Lipinski definition) is 2. The normalized spacial score (nSPS) is 50.5. The fourth-order valence-corrected chi connectivity index (χ4v) is 4.77. The number of Topliss-reactive ketones (excluding diaryl/α,β-unsaturated/α-hetero) is 2. The van der Waals surface area contributed by atoms with Crippen LogP contribution in [0.4, 0.5) is 0 Å². The second-order valence-corrected chi connectivity index (χ2v) is 7.11. The van der Waals surface area contributed by atoms with Crippen LogP contribution in [0.5, 0.6) is 0 Å². The molecule has 118 valence electrons. The highest BCUT2D eigenvalue weighted by Crippen LogP contribution is 2.47. The van der Waals surface area contributed by atoms with Gasteiger partial charge < -0.3 is 14.9 Å². The lowest BCUT2D eigenvalue weighted by Crippen LogP contribution is -2.59. The smallest absolute Gasteiger partial charge is 0.145 e. The predicted molar refractivity (Wildman–Crippen MR) is 74.4 cm³/mol. The number of hydrogen-bond acceptors (Lipinski definition) is 5. The van der Waals surface area contributed by atoms with Crippen LogP contribution in [0.15, 0.2) is 0 Å². The van der Waals surface area contributed by atoms with E-state index in [2.05, 4.69) is 0 Å². The number of aliphatic hydroxyl groups excluding tert-OH is 2. The van der Waals surface area contributed by atoms with Gasteiger partial charge in [-0.25, -0.2) is 0 Å². The molecule has 8 atom stereocenters. The molecule has 0 spiro atoms. The van der Waals surface area contributed by atoms with Crippen LogP contribution in [-0.2, 0) is 14.3 Å². The summed E-state index contributed by atoms with van der Waals surface area (Å²) in [4.78, 5) is 25.6. The van der Waals surface area contributed by atoms with Crippen molar-refractivity contribution >= 4 is 11.6 Å². The fraction of sp³-hybridized carbons (Fsp3) is 0.875. The van der Waals surface area contributed by atoms with Gasteiger partial charge in [0.15, 0.2) is 0 Å². The lowest BCUT2D eigenvalue weighted by molar-refractivity contribution is -0.168. The molecule has 3 rings (SSSR count). The molecule has 3 aliphatic rings. The third-order valence-electron chi connectivity index (χ3n) is 5.74. The summed E-state index contributed by atoms with van der Waals surface area (Å²) in [7, 11) is 1.57. The van der Waals surface area contributed by atoms with Crippen LogP contribution >= 0.6 is 0 Å². The van der Waals surface area contributed by atoms with Crippen LogP contribution in [0.3, 0.4) is 0 Å². The van der Waals surface area contributed by atoms with Crippen molar-refractivity contribution in [1.29, 1.82) is 0 Å². The molecule has 0 aliphatic heterocycles. The molecule has 0 saturated heterocycles. The van der Waals surface area contributed by atoms with Crippen LogP contribution in [0, 0.1) is 29.6 Å². The zero-order valence-electron chi connectivity index (χ0n) is 12.6. The van der Waals surface area contributed by atoms with Gasteiger partial charge in [-0.2, -0.15) is 0 Å². The van der Waals surface area contributed by atoms with Gasteiger partial charge in [0, 0.05) is 25.4 Å². The predicted octanol–water partition coefficient (Wildman–Crippen LogP) is 0.563. The molecule has 3 saturated carbocycles.